The molecule has 37 heavy (non-hydrogen) atoms. The van der Waals surface area contributed by atoms with Gasteiger partial charge in [-0.1, -0.05) is 23.7 Å². The van der Waals surface area contributed by atoms with Crippen molar-refractivity contribution < 1.29 is 32.7 Å². The topological polar surface area (TPSA) is 172 Å². The summed E-state index contributed by atoms with van der Waals surface area (Å²) in [5.41, 5.74) is 0.975. The molecule has 0 saturated carbocycles. The number of nitrogens with one attached hydrogen (secondary N) is 3. The van der Waals surface area contributed by atoms with Crippen molar-refractivity contribution in [3.05, 3.63) is 94.3 Å². The molecule has 3 rings (SSSR count). The molecule has 0 atom stereocenters. The number of sulfonamides is 1. The van der Waals surface area contributed by atoms with Gasteiger partial charge in [0.05, 0.1) is 10.5 Å². The van der Waals surface area contributed by atoms with E-state index >= 15 is 0 Å². The summed E-state index contributed by atoms with van der Waals surface area (Å²) >= 11 is 5.81. The highest BCUT2D eigenvalue weighted by atomic mass is 35.5. The molecule has 0 aliphatic heterocycles. The predicted molar refractivity (Wildman–Crippen MR) is 133 cm³/mol. The summed E-state index contributed by atoms with van der Waals surface area (Å²) in [5.74, 6) is -3.21. The second-order valence-corrected chi connectivity index (χ2v) is 9.72. The molecule has 11 nitrogen and oxygen atoms in total. The number of hydrogen-bond acceptors (Lipinski definition) is 7. The average Bonchev–Trinajstić information content (AvgIpc) is 2.87. The van der Waals surface area contributed by atoms with Crippen LogP contribution < -0.4 is 15.4 Å². The van der Waals surface area contributed by atoms with Crippen molar-refractivity contribution in [2.24, 2.45) is 0 Å². The minimum absolute atomic E-state index is 0.119. The van der Waals surface area contributed by atoms with Crippen LogP contribution in [-0.4, -0.2) is 55.3 Å². The van der Waals surface area contributed by atoms with E-state index in [4.69, 9.17) is 16.7 Å². The fourth-order valence-corrected chi connectivity index (χ4v) is 4.11. The van der Waals surface area contributed by atoms with Crippen LogP contribution in [0.1, 0.15) is 36.8 Å². The van der Waals surface area contributed by atoms with Gasteiger partial charge in [-0.05, 0) is 60.5 Å². The third-order valence-corrected chi connectivity index (χ3v) is 6.52. The smallest absolute Gasteiger partial charge is 0.322 e. The predicted octanol–water partition coefficient (Wildman–Crippen LogP) is 1.64. The Morgan fingerprint density at radius 1 is 0.811 bits per heavy atom. The quantitative estimate of drug-likeness (QED) is 0.298. The van der Waals surface area contributed by atoms with E-state index in [1.54, 1.807) is 36.4 Å². The lowest BCUT2D eigenvalue weighted by atomic mass is 10.1. The summed E-state index contributed by atoms with van der Waals surface area (Å²) in [6, 6.07) is 14.6. The molecule has 0 radical (unpaired) electrons. The fourth-order valence-electron chi connectivity index (χ4n) is 3.01. The number of aliphatic carboxylic acids is 1. The van der Waals surface area contributed by atoms with Crippen molar-refractivity contribution >= 4 is 45.3 Å². The van der Waals surface area contributed by atoms with Crippen molar-refractivity contribution in [1.82, 2.24) is 20.3 Å². The molecule has 192 valence electrons. The van der Waals surface area contributed by atoms with E-state index in [1.165, 1.54) is 24.3 Å². The maximum atomic E-state index is 12.6. The number of carbonyl (C=O) groups excluding carboxylic acids is 3. The van der Waals surface area contributed by atoms with E-state index in [2.05, 4.69) is 15.6 Å². The van der Waals surface area contributed by atoms with Crippen molar-refractivity contribution in [1.29, 1.82) is 0 Å². The number of nitrogens with zero attached hydrogens (tertiary/aromatic N) is 1. The second kappa shape index (κ2) is 12.1. The summed E-state index contributed by atoms with van der Waals surface area (Å²) in [5, 5.41) is 14.0. The first kappa shape index (κ1) is 27.3. The Kier molecular flexibility index (Phi) is 8.93. The molecule has 3 aromatic rings. The highest BCUT2D eigenvalue weighted by Gasteiger charge is 2.19. The number of carboxylic acid groups (broad SMARTS) is 1. The lowest BCUT2D eigenvalue weighted by Crippen LogP contribution is -2.31. The number of carbonyl (C=O) groups is 4. The fraction of sp³-hybridized carbons (Fsp3) is 0.125. The molecule has 2 aromatic carbocycles. The van der Waals surface area contributed by atoms with E-state index in [0.29, 0.717) is 23.6 Å². The van der Waals surface area contributed by atoms with Crippen molar-refractivity contribution in [2.45, 2.75) is 11.3 Å². The van der Waals surface area contributed by atoms with Crippen molar-refractivity contribution in [3.8, 4) is 0 Å². The summed E-state index contributed by atoms with van der Waals surface area (Å²) in [4.78, 5) is 50.4. The Morgan fingerprint density at radius 3 is 2.05 bits per heavy atom. The SMILES string of the molecule is O=C(O)CNC(=O)c1ccc(C(=O)NS(=O)(=O)c2ccc(CCNC(=O)c3ccc(Cl)cc3)cc2)cn1. The molecule has 0 saturated heterocycles. The zero-order valence-electron chi connectivity index (χ0n) is 19.1. The Morgan fingerprint density at radius 2 is 1.46 bits per heavy atom. The summed E-state index contributed by atoms with van der Waals surface area (Å²) < 4.78 is 27.1. The van der Waals surface area contributed by atoms with Gasteiger partial charge in [-0.3, -0.25) is 24.2 Å². The van der Waals surface area contributed by atoms with Gasteiger partial charge < -0.3 is 15.7 Å². The number of pyridine rings is 1. The first-order valence-corrected chi connectivity index (χ1v) is 12.6. The zero-order chi connectivity index (χ0) is 27.0. The molecule has 13 heteroatoms. The van der Waals surface area contributed by atoms with E-state index in [0.717, 1.165) is 11.8 Å². The second-order valence-electron chi connectivity index (χ2n) is 7.60. The summed E-state index contributed by atoms with van der Waals surface area (Å²) in [6.07, 6.45) is 1.45. The molecule has 0 aliphatic rings. The first-order valence-electron chi connectivity index (χ1n) is 10.7. The molecular formula is C24H21ClN4O7S. The van der Waals surface area contributed by atoms with Crippen LogP contribution >= 0.6 is 11.6 Å². The minimum Gasteiger partial charge on any atom is -0.480 e. The van der Waals surface area contributed by atoms with Crippen molar-refractivity contribution in [2.75, 3.05) is 13.1 Å². The minimum atomic E-state index is -4.19. The summed E-state index contributed by atoms with van der Waals surface area (Å²) in [7, 11) is -4.19. The number of carboxylic acids is 1. The monoisotopic (exact) mass is 544 g/mol. The van der Waals surface area contributed by atoms with E-state index in [1.807, 2.05) is 4.72 Å². The third kappa shape index (κ3) is 7.85. The Bertz CT molecular complexity index is 1410. The van der Waals surface area contributed by atoms with Gasteiger partial charge in [0.2, 0.25) is 0 Å². The van der Waals surface area contributed by atoms with Gasteiger partial charge in [0, 0.05) is 23.3 Å². The standard InChI is InChI=1S/C24H21ClN4O7S/c25-18-6-3-16(4-7-18)22(32)26-12-11-15-1-8-19(9-2-15)37(35,36)29-23(33)17-5-10-20(27-13-17)24(34)28-14-21(30)31/h1-10,13H,11-12,14H2,(H,26,32)(H,28,34)(H,29,33)(H,30,31). The van der Waals surface area contributed by atoms with Gasteiger partial charge in [-0.2, -0.15) is 0 Å². The van der Waals surface area contributed by atoms with E-state index in [9.17, 15) is 27.6 Å². The molecule has 0 bridgehead atoms. The molecule has 3 amide bonds. The number of hydrogen-bond donors (Lipinski definition) is 4. The molecule has 0 fully saturated rings. The Balaban J connectivity index is 1.54. The van der Waals surface area contributed by atoms with Crippen LogP contribution in [0, 0.1) is 0 Å². The molecule has 1 heterocycles. The molecule has 4 N–H and O–H groups in total. The average molecular weight is 545 g/mol. The van der Waals surface area contributed by atoms with Crippen LogP contribution in [-0.2, 0) is 21.2 Å². The largest absolute Gasteiger partial charge is 0.480 e. The molecule has 1 aromatic heterocycles. The highest BCUT2D eigenvalue weighted by molar-refractivity contribution is 7.90. The van der Waals surface area contributed by atoms with Crippen LogP contribution in [0.3, 0.4) is 0 Å². The van der Waals surface area contributed by atoms with Crippen LogP contribution in [0.5, 0.6) is 0 Å². The number of halogens is 1. The van der Waals surface area contributed by atoms with Crippen LogP contribution in [0.2, 0.25) is 5.02 Å². The molecule has 0 aliphatic carbocycles. The van der Waals surface area contributed by atoms with Crippen molar-refractivity contribution in [3.63, 3.8) is 0 Å². The van der Waals surface area contributed by atoms with E-state index < -0.39 is 34.4 Å². The maximum Gasteiger partial charge on any atom is 0.322 e. The third-order valence-electron chi connectivity index (χ3n) is 4.92. The van der Waals surface area contributed by atoms with Crippen LogP contribution in [0.15, 0.2) is 71.8 Å². The van der Waals surface area contributed by atoms with Gasteiger partial charge in [0.15, 0.2) is 0 Å². The molecule has 0 unspecified atom stereocenters. The van der Waals surface area contributed by atoms with Gasteiger partial charge in [-0.15, -0.1) is 0 Å². The molecular weight excluding hydrogens is 524 g/mol. The highest BCUT2D eigenvalue weighted by Crippen LogP contribution is 2.13. The first-order chi connectivity index (χ1) is 17.5. The van der Waals surface area contributed by atoms with E-state index in [-0.39, 0.29) is 22.1 Å². The van der Waals surface area contributed by atoms with Gasteiger partial charge in [0.1, 0.15) is 12.2 Å². The number of benzene rings is 2. The maximum absolute atomic E-state index is 12.6. The van der Waals surface area contributed by atoms with Gasteiger partial charge in [0.25, 0.3) is 27.7 Å². The zero-order valence-corrected chi connectivity index (χ0v) is 20.7. The lowest BCUT2D eigenvalue weighted by Gasteiger charge is -2.09. The van der Waals surface area contributed by atoms with Crippen LogP contribution in [0.4, 0.5) is 0 Å². The number of rotatable bonds is 10. The van der Waals surface area contributed by atoms with Crippen LogP contribution in [0.25, 0.3) is 0 Å². The lowest BCUT2D eigenvalue weighted by molar-refractivity contribution is -0.135. The number of aromatic nitrogens is 1. The normalized spacial score (nSPS) is 10.8. The molecule has 0 spiro atoms. The van der Waals surface area contributed by atoms with Gasteiger partial charge in [-0.25, -0.2) is 13.1 Å². The Labute approximate surface area is 216 Å². The summed E-state index contributed by atoms with van der Waals surface area (Å²) in [6.45, 7) is -0.278. The van der Waals surface area contributed by atoms with Gasteiger partial charge >= 0.3 is 5.97 Å². The number of amides is 3. The Hall–Kier alpha value is -4.29.